The van der Waals surface area contributed by atoms with E-state index in [1.165, 1.54) is 0 Å². The van der Waals surface area contributed by atoms with Crippen LogP contribution in [0.3, 0.4) is 0 Å². The van der Waals surface area contributed by atoms with Crippen LogP contribution < -0.4 is 0 Å². The number of carboxylic acid groups (broad SMARTS) is 1. The zero-order chi connectivity index (χ0) is 21.3. The predicted octanol–water partition coefficient (Wildman–Crippen LogP) is 5.63. The first-order chi connectivity index (χ1) is 14.4. The minimum Gasteiger partial charge on any atom is -0.479 e. The van der Waals surface area contributed by atoms with Crippen LogP contribution in [0.4, 0.5) is 0 Å². The van der Waals surface area contributed by atoms with Crippen molar-refractivity contribution < 1.29 is 19.1 Å². The molecule has 5 nitrogen and oxygen atoms in total. The van der Waals surface area contributed by atoms with Gasteiger partial charge in [0.1, 0.15) is 15.8 Å². The van der Waals surface area contributed by atoms with Crippen LogP contribution in [0.25, 0.3) is 17.4 Å². The number of furan rings is 1. The van der Waals surface area contributed by atoms with Gasteiger partial charge in [0.25, 0.3) is 5.91 Å². The highest BCUT2D eigenvalue weighted by molar-refractivity contribution is 8.26. The summed E-state index contributed by atoms with van der Waals surface area (Å²) in [6, 6.07) is 18.1. The second kappa shape index (κ2) is 8.47. The van der Waals surface area contributed by atoms with Crippen LogP contribution in [0.1, 0.15) is 17.4 Å². The van der Waals surface area contributed by atoms with Crippen LogP contribution in [-0.2, 0) is 9.59 Å². The molecule has 1 atom stereocenters. The molecular formula is C22H14ClNO4S2. The Morgan fingerprint density at radius 3 is 2.60 bits per heavy atom. The van der Waals surface area contributed by atoms with Crippen molar-refractivity contribution in [2.24, 2.45) is 0 Å². The van der Waals surface area contributed by atoms with Crippen LogP contribution in [0.5, 0.6) is 0 Å². The van der Waals surface area contributed by atoms with Gasteiger partial charge in [-0.25, -0.2) is 4.79 Å². The van der Waals surface area contributed by atoms with E-state index in [4.69, 9.17) is 28.2 Å². The van der Waals surface area contributed by atoms with Crippen molar-refractivity contribution in [3.8, 4) is 11.3 Å². The molecule has 0 aliphatic carbocycles. The number of hydrogen-bond acceptors (Lipinski definition) is 5. The van der Waals surface area contributed by atoms with Gasteiger partial charge in [-0.05, 0) is 29.8 Å². The molecule has 4 rings (SSSR count). The molecule has 0 saturated carbocycles. The van der Waals surface area contributed by atoms with Crippen LogP contribution in [-0.4, -0.2) is 26.2 Å². The van der Waals surface area contributed by atoms with E-state index >= 15 is 0 Å². The molecule has 0 spiro atoms. The maximum absolute atomic E-state index is 13.0. The van der Waals surface area contributed by atoms with Crippen molar-refractivity contribution >= 4 is 57.9 Å². The Kier molecular flexibility index (Phi) is 5.76. The number of carboxylic acids is 1. The van der Waals surface area contributed by atoms with Crippen LogP contribution in [0.15, 0.2) is 76.1 Å². The lowest BCUT2D eigenvalue weighted by molar-refractivity contribution is -0.145. The minimum atomic E-state index is -1.19. The molecular weight excluding hydrogens is 442 g/mol. The lowest BCUT2D eigenvalue weighted by atomic mass is 10.1. The van der Waals surface area contributed by atoms with Crippen molar-refractivity contribution in [2.45, 2.75) is 6.04 Å². The molecule has 0 unspecified atom stereocenters. The fraction of sp³-hybridized carbons (Fsp3) is 0.0455. The first kappa shape index (κ1) is 20.4. The van der Waals surface area contributed by atoms with Crippen LogP contribution in [0, 0.1) is 0 Å². The molecule has 150 valence electrons. The third-order valence-corrected chi connectivity index (χ3v) is 6.01. The fourth-order valence-corrected chi connectivity index (χ4v) is 4.58. The summed E-state index contributed by atoms with van der Waals surface area (Å²) in [6.07, 6.45) is 1.57. The molecule has 3 aromatic rings. The largest absolute Gasteiger partial charge is 0.479 e. The zero-order valence-electron chi connectivity index (χ0n) is 15.3. The van der Waals surface area contributed by atoms with Gasteiger partial charge in [-0.2, -0.15) is 0 Å². The average molecular weight is 456 g/mol. The quantitative estimate of drug-likeness (QED) is 0.397. The summed E-state index contributed by atoms with van der Waals surface area (Å²) in [5, 5.41) is 10.3. The Morgan fingerprint density at radius 1 is 1.13 bits per heavy atom. The van der Waals surface area contributed by atoms with E-state index in [1.54, 1.807) is 60.7 Å². The van der Waals surface area contributed by atoms with Gasteiger partial charge < -0.3 is 9.52 Å². The molecule has 1 aromatic heterocycles. The van der Waals surface area contributed by atoms with Gasteiger partial charge in [0.05, 0.1) is 4.91 Å². The van der Waals surface area contributed by atoms with Crippen LogP contribution in [0.2, 0.25) is 5.02 Å². The number of benzene rings is 2. The molecule has 2 heterocycles. The number of halogens is 1. The summed E-state index contributed by atoms with van der Waals surface area (Å²) in [4.78, 5) is 26.3. The molecule has 1 fully saturated rings. The van der Waals surface area contributed by atoms with Gasteiger partial charge >= 0.3 is 5.97 Å². The number of carbonyl (C=O) groups is 2. The summed E-state index contributed by atoms with van der Waals surface area (Å²) in [5.74, 6) is -0.564. The molecule has 1 aliphatic heterocycles. The number of carbonyl (C=O) groups excluding carboxylic acids is 1. The first-order valence-corrected chi connectivity index (χ1v) is 10.4. The highest BCUT2D eigenvalue weighted by Gasteiger charge is 2.41. The molecule has 1 saturated heterocycles. The van der Waals surface area contributed by atoms with Crippen molar-refractivity contribution in [1.82, 2.24) is 4.90 Å². The van der Waals surface area contributed by atoms with E-state index in [9.17, 15) is 14.7 Å². The lowest BCUT2D eigenvalue weighted by Gasteiger charge is -2.23. The molecule has 1 N–H and O–H groups in total. The maximum Gasteiger partial charge on any atom is 0.331 e. The molecule has 8 heteroatoms. The Morgan fingerprint density at radius 2 is 1.90 bits per heavy atom. The molecule has 1 aliphatic rings. The summed E-state index contributed by atoms with van der Waals surface area (Å²) < 4.78 is 6.00. The smallest absolute Gasteiger partial charge is 0.331 e. The predicted molar refractivity (Wildman–Crippen MR) is 121 cm³/mol. The van der Waals surface area contributed by atoms with Crippen LogP contribution >= 0.6 is 35.6 Å². The van der Waals surface area contributed by atoms with E-state index < -0.39 is 17.9 Å². The third kappa shape index (κ3) is 4.05. The normalized spacial score (nSPS) is 16.3. The number of rotatable bonds is 5. The van der Waals surface area contributed by atoms with Gasteiger partial charge in [0.2, 0.25) is 0 Å². The third-order valence-electron chi connectivity index (χ3n) is 4.44. The Bertz CT molecular complexity index is 1170. The highest BCUT2D eigenvalue weighted by atomic mass is 35.5. The van der Waals surface area contributed by atoms with Gasteiger partial charge in [-0.1, -0.05) is 78.0 Å². The molecule has 1 amide bonds. The Hall–Kier alpha value is -2.87. The van der Waals surface area contributed by atoms with Gasteiger partial charge in [-0.3, -0.25) is 9.69 Å². The molecule has 2 aromatic carbocycles. The second-order valence-corrected chi connectivity index (χ2v) is 8.53. The molecule has 30 heavy (non-hydrogen) atoms. The topological polar surface area (TPSA) is 70.8 Å². The van der Waals surface area contributed by atoms with Crippen molar-refractivity contribution in [3.05, 3.63) is 88.0 Å². The van der Waals surface area contributed by atoms with E-state index in [0.29, 0.717) is 27.0 Å². The standard InChI is InChI=1S/C22H14ClNO4S2/c23-15-8-4-7-14(11-15)17-10-9-16(28-17)12-18-20(25)24(22(29)30-18)19(21(26)27)13-5-2-1-3-6-13/h1-12,19H,(H,26,27)/b18-12-/t19-/m0/s1. The number of thioether (sulfide) groups is 1. The second-order valence-electron chi connectivity index (χ2n) is 6.42. The highest BCUT2D eigenvalue weighted by Crippen LogP contribution is 2.39. The number of aliphatic carboxylic acids is 1. The van der Waals surface area contributed by atoms with Gasteiger partial charge in [0.15, 0.2) is 6.04 Å². The molecule has 0 bridgehead atoms. The lowest BCUT2D eigenvalue weighted by Crippen LogP contribution is -2.37. The maximum atomic E-state index is 13.0. The Balaban J connectivity index is 1.63. The fourth-order valence-electron chi connectivity index (χ4n) is 3.10. The Labute approximate surface area is 186 Å². The van der Waals surface area contributed by atoms with E-state index in [-0.39, 0.29) is 4.32 Å². The van der Waals surface area contributed by atoms with E-state index in [0.717, 1.165) is 22.2 Å². The van der Waals surface area contributed by atoms with Gasteiger partial charge in [-0.15, -0.1) is 0 Å². The monoisotopic (exact) mass is 455 g/mol. The summed E-state index contributed by atoms with van der Waals surface area (Å²) in [6.45, 7) is 0. The van der Waals surface area contributed by atoms with Gasteiger partial charge in [0, 0.05) is 16.7 Å². The summed E-state index contributed by atoms with van der Waals surface area (Å²) >= 11 is 12.4. The van der Waals surface area contributed by atoms with E-state index in [1.807, 2.05) is 12.1 Å². The summed E-state index contributed by atoms with van der Waals surface area (Å²) in [7, 11) is 0. The number of amides is 1. The van der Waals surface area contributed by atoms with E-state index in [2.05, 4.69) is 0 Å². The zero-order valence-corrected chi connectivity index (χ0v) is 17.7. The average Bonchev–Trinajstić information content (AvgIpc) is 3.29. The van der Waals surface area contributed by atoms with Crippen molar-refractivity contribution in [2.75, 3.05) is 0 Å². The summed E-state index contributed by atoms with van der Waals surface area (Å²) in [5.41, 5.74) is 1.29. The SMILES string of the molecule is O=C(O)[C@H](c1ccccc1)N1C(=O)/C(=C/c2ccc(-c3cccc(Cl)c3)o2)SC1=S. The number of thiocarbonyl (C=S) groups is 1. The van der Waals surface area contributed by atoms with Crippen molar-refractivity contribution in [3.63, 3.8) is 0 Å². The number of hydrogen-bond donors (Lipinski definition) is 1. The van der Waals surface area contributed by atoms with Crippen molar-refractivity contribution in [1.29, 1.82) is 0 Å². The molecule has 0 radical (unpaired) electrons. The number of nitrogens with zero attached hydrogens (tertiary/aromatic N) is 1. The minimum absolute atomic E-state index is 0.184. The first-order valence-electron chi connectivity index (χ1n) is 8.84.